The second kappa shape index (κ2) is 7.59. The molecule has 0 radical (unpaired) electrons. The molecule has 3 aromatic rings. The van der Waals surface area contributed by atoms with Gasteiger partial charge in [0.1, 0.15) is 6.33 Å². The van der Waals surface area contributed by atoms with E-state index >= 15 is 0 Å². The molecule has 2 fully saturated rings. The number of rotatable bonds is 3. The number of hydrogen-bond donors (Lipinski definition) is 1. The lowest BCUT2D eigenvalue weighted by atomic mass is 9.75. The Labute approximate surface area is 182 Å². The summed E-state index contributed by atoms with van der Waals surface area (Å²) in [6.45, 7) is 3.14. The summed E-state index contributed by atoms with van der Waals surface area (Å²) in [6, 6.07) is 5.69. The predicted molar refractivity (Wildman–Crippen MR) is 114 cm³/mol. The van der Waals surface area contributed by atoms with Crippen molar-refractivity contribution in [3.8, 4) is 0 Å². The van der Waals surface area contributed by atoms with E-state index in [1.165, 1.54) is 11.8 Å². The molecule has 152 valence electrons. The third-order valence-corrected chi connectivity index (χ3v) is 7.91. The summed E-state index contributed by atoms with van der Waals surface area (Å²) in [4.78, 5) is 13.1. The Morgan fingerprint density at radius 2 is 2.00 bits per heavy atom. The molecule has 2 saturated heterocycles. The molecule has 0 saturated carbocycles. The van der Waals surface area contributed by atoms with E-state index < -0.39 is 0 Å². The lowest BCUT2D eigenvalue weighted by Crippen LogP contribution is -2.49. The molecule has 7 nitrogen and oxygen atoms in total. The lowest BCUT2D eigenvalue weighted by Gasteiger charge is -2.40. The van der Waals surface area contributed by atoms with E-state index in [0.717, 1.165) is 53.9 Å². The molecule has 1 atom stereocenters. The number of nitrogens with zero attached hydrogens (tertiary/aromatic N) is 5. The molecule has 0 unspecified atom stereocenters. The molecule has 0 amide bonds. The molecule has 1 spiro atoms. The third kappa shape index (κ3) is 3.37. The average Bonchev–Trinajstić information content (AvgIpc) is 3.35. The maximum atomic E-state index is 6.35. The van der Waals surface area contributed by atoms with Gasteiger partial charge >= 0.3 is 0 Å². The quantitative estimate of drug-likeness (QED) is 0.653. The summed E-state index contributed by atoms with van der Waals surface area (Å²) in [5.74, 6) is 0.793. The van der Waals surface area contributed by atoms with Crippen molar-refractivity contribution in [3.63, 3.8) is 0 Å². The van der Waals surface area contributed by atoms with E-state index in [4.69, 9.17) is 38.7 Å². The fourth-order valence-corrected chi connectivity index (χ4v) is 5.48. The van der Waals surface area contributed by atoms with Crippen LogP contribution in [0.15, 0.2) is 40.5 Å². The zero-order chi connectivity index (χ0) is 20.0. The standard InChI is InChI=1S/C19H20Cl2N6OS/c20-12-2-1-3-13(16(12)21)29-14-8-23-18(27-17(14)24-11-25-27)26-6-4-19(5-7-26)10-28-9-15(19)22/h1-3,8,11,15H,4-7,9-10,22H2/t15-/m1/s1. The van der Waals surface area contributed by atoms with Crippen molar-refractivity contribution in [2.24, 2.45) is 11.1 Å². The van der Waals surface area contributed by atoms with Gasteiger partial charge < -0.3 is 15.4 Å². The summed E-state index contributed by atoms with van der Waals surface area (Å²) in [5.41, 5.74) is 7.15. The van der Waals surface area contributed by atoms with Crippen LogP contribution in [-0.4, -0.2) is 51.9 Å². The van der Waals surface area contributed by atoms with Gasteiger partial charge in [-0.1, -0.05) is 41.0 Å². The molecular formula is C19H20Cl2N6OS. The molecule has 5 rings (SSSR count). The van der Waals surface area contributed by atoms with Crippen molar-refractivity contribution < 1.29 is 4.74 Å². The Balaban J connectivity index is 1.42. The Morgan fingerprint density at radius 3 is 2.76 bits per heavy atom. The largest absolute Gasteiger partial charge is 0.379 e. The number of piperidine rings is 1. The van der Waals surface area contributed by atoms with Crippen LogP contribution < -0.4 is 10.6 Å². The number of hydrogen-bond acceptors (Lipinski definition) is 7. The molecule has 1 aromatic carbocycles. The molecule has 2 aromatic heterocycles. The van der Waals surface area contributed by atoms with Crippen molar-refractivity contribution in [3.05, 3.63) is 40.8 Å². The van der Waals surface area contributed by atoms with E-state index in [1.807, 2.05) is 18.3 Å². The van der Waals surface area contributed by atoms with Gasteiger partial charge in [-0.3, -0.25) is 0 Å². The number of fused-ring (bicyclic) bond motifs is 1. The van der Waals surface area contributed by atoms with E-state index in [2.05, 4.69) is 15.0 Å². The number of benzene rings is 1. The van der Waals surface area contributed by atoms with Gasteiger partial charge in [0, 0.05) is 35.6 Å². The fraction of sp³-hybridized carbons (Fsp3) is 0.421. The van der Waals surface area contributed by atoms with Crippen LogP contribution in [-0.2, 0) is 4.74 Å². The van der Waals surface area contributed by atoms with Crippen molar-refractivity contribution in [1.29, 1.82) is 0 Å². The van der Waals surface area contributed by atoms with E-state index in [-0.39, 0.29) is 11.5 Å². The topological polar surface area (TPSA) is 81.6 Å². The van der Waals surface area contributed by atoms with Crippen LogP contribution in [0.4, 0.5) is 5.95 Å². The minimum absolute atomic E-state index is 0.0943. The second-order valence-electron chi connectivity index (χ2n) is 7.54. The van der Waals surface area contributed by atoms with Gasteiger partial charge in [0.15, 0.2) is 5.65 Å². The van der Waals surface area contributed by atoms with Crippen LogP contribution in [0.5, 0.6) is 0 Å². The first-order valence-electron chi connectivity index (χ1n) is 9.46. The van der Waals surface area contributed by atoms with E-state index in [1.54, 1.807) is 16.9 Å². The van der Waals surface area contributed by atoms with Crippen LogP contribution in [0.2, 0.25) is 10.0 Å². The van der Waals surface area contributed by atoms with E-state index in [0.29, 0.717) is 16.7 Å². The summed E-state index contributed by atoms with van der Waals surface area (Å²) >= 11 is 14.0. The highest BCUT2D eigenvalue weighted by atomic mass is 35.5. The zero-order valence-electron chi connectivity index (χ0n) is 15.6. The fourth-order valence-electron chi connectivity index (χ4n) is 4.09. The Hall–Kier alpha value is -1.58. The number of nitrogens with two attached hydrogens (primary N) is 1. The van der Waals surface area contributed by atoms with Gasteiger partial charge in [-0.2, -0.15) is 9.61 Å². The molecule has 10 heteroatoms. The molecule has 2 N–H and O–H groups in total. The number of anilines is 1. The minimum atomic E-state index is 0.0943. The third-order valence-electron chi connectivity index (χ3n) is 5.91. The van der Waals surface area contributed by atoms with Gasteiger partial charge in [-0.05, 0) is 25.0 Å². The highest BCUT2D eigenvalue weighted by Gasteiger charge is 2.44. The van der Waals surface area contributed by atoms with Crippen molar-refractivity contribution in [2.75, 3.05) is 31.2 Å². The molecule has 2 aliphatic heterocycles. The van der Waals surface area contributed by atoms with Crippen LogP contribution in [0.3, 0.4) is 0 Å². The van der Waals surface area contributed by atoms with Crippen molar-refractivity contribution in [1.82, 2.24) is 19.6 Å². The molecule has 4 heterocycles. The van der Waals surface area contributed by atoms with Crippen LogP contribution in [0.1, 0.15) is 12.8 Å². The van der Waals surface area contributed by atoms with Gasteiger partial charge in [0.2, 0.25) is 5.95 Å². The van der Waals surface area contributed by atoms with E-state index in [9.17, 15) is 0 Å². The highest BCUT2D eigenvalue weighted by Crippen LogP contribution is 2.41. The second-order valence-corrected chi connectivity index (χ2v) is 9.41. The summed E-state index contributed by atoms with van der Waals surface area (Å²) < 4.78 is 7.43. The normalized spacial score (nSPS) is 21.3. The minimum Gasteiger partial charge on any atom is -0.379 e. The number of aromatic nitrogens is 4. The van der Waals surface area contributed by atoms with Gasteiger partial charge in [-0.15, -0.1) is 0 Å². The van der Waals surface area contributed by atoms with Crippen LogP contribution in [0.25, 0.3) is 5.65 Å². The lowest BCUT2D eigenvalue weighted by molar-refractivity contribution is 0.131. The Kier molecular flexibility index (Phi) is 5.08. The highest BCUT2D eigenvalue weighted by molar-refractivity contribution is 7.99. The number of ether oxygens (including phenoxy) is 1. The summed E-state index contributed by atoms with van der Waals surface area (Å²) in [7, 11) is 0. The van der Waals surface area contributed by atoms with Crippen LogP contribution in [0, 0.1) is 5.41 Å². The van der Waals surface area contributed by atoms with Crippen molar-refractivity contribution in [2.45, 2.75) is 28.7 Å². The summed E-state index contributed by atoms with van der Waals surface area (Å²) in [6.07, 6.45) is 5.35. The Morgan fingerprint density at radius 1 is 1.17 bits per heavy atom. The van der Waals surface area contributed by atoms with Gasteiger partial charge in [-0.25, -0.2) is 9.97 Å². The average molecular weight is 451 g/mol. The molecule has 29 heavy (non-hydrogen) atoms. The first-order valence-corrected chi connectivity index (χ1v) is 11.0. The maximum Gasteiger partial charge on any atom is 0.228 e. The zero-order valence-corrected chi connectivity index (χ0v) is 17.9. The monoisotopic (exact) mass is 450 g/mol. The molecule has 2 aliphatic rings. The maximum absolute atomic E-state index is 6.35. The van der Waals surface area contributed by atoms with Crippen molar-refractivity contribution >= 4 is 46.6 Å². The Bertz CT molecular complexity index is 1050. The smallest absolute Gasteiger partial charge is 0.228 e. The molecule has 0 aliphatic carbocycles. The first-order chi connectivity index (χ1) is 14.1. The van der Waals surface area contributed by atoms with Gasteiger partial charge in [0.05, 0.1) is 28.2 Å². The SMILES string of the molecule is N[C@@H]1COCC12CCN(c1ncc(Sc3cccc(Cl)c3Cl)c3ncnn13)CC2. The summed E-state index contributed by atoms with van der Waals surface area (Å²) in [5, 5.41) is 5.47. The van der Waals surface area contributed by atoms with Gasteiger partial charge in [0.25, 0.3) is 0 Å². The molecule has 0 bridgehead atoms. The number of halogens is 2. The van der Waals surface area contributed by atoms with Crippen LogP contribution >= 0.6 is 35.0 Å². The first kappa shape index (κ1) is 19.4. The predicted octanol–water partition coefficient (Wildman–Crippen LogP) is 3.53. The molecular weight excluding hydrogens is 431 g/mol.